The monoisotopic (exact) mass is 170 g/mol. The van der Waals surface area contributed by atoms with Gasteiger partial charge in [0.15, 0.2) is 0 Å². The minimum absolute atomic E-state index is 0.0117. The summed E-state index contributed by atoms with van der Waals surface area (Å²) in [6, 6.07) is 4.17. The smallest absolute Gasteiger partial charge is 0.258 e. The summed E-state index contributed by atoms with van der Waals surface area (Å²) in [5.41, 5.74) is 0.583. The SMILES string of the molecule is [CH2]c1ccc([N+](=O)[O-])cc1Cl. The summed E-state index contributed by atoms with van der Waals surface area (Å²) in [5, 5.41) is 10.5. The molecule has 11 heavy (non-hydrogen) atoms. The Balaban J connectivity index is 3.15. The van der Waals surface area contributed by atoms with Gasteiger partial charge in [-0.1, -0.05) is 17.7 Å². The van der Waals surface area contributed by atoms with Gasteiger partial charge < -0.3 is 0 Å². The molecule has 0 heterocycles. The second-order valence-corrected chi connectivity index (χ2v) is 2.44. The molecule has 0 saturated heterocycles. The van der Waals surface area contributed by atoms with Gasteiger partial charge in [-0.3, -0.25) is 10.1 Å². The largest absolute Gasteiger partial charge is 0.270 e. The number of hydrogen-bond acceptors (Lipinski definition) is 2. The molecule has 1 rings (SSSR count). The Labute approximate surface area is 68.8 Å². The molecule has 4 heteroatoms. The van der Waals surface area contributed by atoms with Gasteiger partial charge in [0.1, 0.15) is 0 Å². The zero-order valence-corrected chi connectivity index (χ0v) is 6.34. The van der Waals surface area contributed by atoms with Crippen molar-refractivity contribution in [3.8, 4) is 0 Å². The highest BCUT2D eigenvalue weighted by Crippen LogP contribution is 2.20. The molecule has 0 unspecified atom stereocenters. The van der Waals surface area contributed by atoms with Crippen molar-refractivity contribution in [1.29, 1.82) is 0 Å². The molecule has 0 aromatic heterocycles. The number of nitro groups is 1. The van der Waals surface area contributed by atoms with E-state index in [0.29, 0.717) is 10.6 Å². The number of non-ortho nitro benzene ring substituents is 1. The Bertz CT molecular complexity index is 298. The lowest BCUT2D eigenvalue weighted by molar-refractivity contribution is -0.384. The average molecular weight is 171 g/mol. The van der Waals surface area contributed by atoms with Crippen molar-refractivity contribution < 1.29 is 4.92 Å². The maximum absolute atomic E-state index is 10.2. The van der Waals surface area contributed by atoms with Crippen LogP contribution in [0.2, 0.25) is 5.02 Å². The fraction of sp³-hybridized carbons (Fsp3) is 0. The molecule has 0 atom stereocenters. The maximum atomic E-state index is 10.2. The third-order valence-corrected chi connectivity index (χ3v) is 1.60. The van der Waals surface area contributed by atoms with E-state index in [4.69, 9.17) is 11.6 Å². The fourth-order valence-corrected chi connectivity index (χ4v) is 0.825. The van der Waals surface area contributed by atoms with Gasteiger partial charge in [-0.25, -0.2) is 0 Å². The van der Waals surface area contributed by atoms with Crippen LogP contribution in [-0.4, -0.2) is 4.92 Å². The van der Waals surface area contributed by atoms with Crippen molar-refractivity contribution >= 4 is 17.3 Å². The Morgan fingerprint density at radius 2 is 2.18 bits per heavy atom. The lowest BCUT2D eigenvalue weighted by atomic mass is 10.2. The second-order valence-electron chi connectivity index (χ2n) is 2.03. The minimum atomic E-state index is -0.495. The van der Waals surface area contributed by atoms with E-state index in [1.165, 1.54) is 18.2 Å². The summed E-state index contributed by atoms with van der Waals surface area (Å²) in [7, 11) is 0. The summed E-state index contributed by atoms with van der Waals surface area (Å²) < 4.78 is 0. The van der Waals surface area contributed by atoms with Crippen LogP contribution < -0.4 is 0 Å². The van der Waals surface area contributed by atoms with Crippen molar-refractivity contribution in [3.63, 3.8) is 0 Å². The first-order valence-electron chi connectivity index (χ1n) is 2.87. The van der Waals surface area contributed by atoms with Crippen molar-refractivity contribution in [2.75, 3.05) is 0 Å². The molecule has 1 radical (unpaired) electrons. The highest BCUT2D eigenvalue weighted by molar-refractivity contribution is 6.31. The molecule has 0 bridgehead atoms. The van der Waals surface area contributed by atoms with Crippen LogP contribution >= 0.6 is 11.6 Å². The third kappa shape index (κ3) is 1.68. The van der Waals surface area contributed by atoms with Crippen LogP contribution in [0.1, 0.15) is 5.56 Å². The molecule has 0 N–H and O–H groups in total. The Morgan fingerprint density at radius 1 is 1.55 bits per heavy atom. The highest BCUT2D eigenvalue weighted by atomic mass is 35.5. The highest BCUT2D eigenvalue weighted by Gasteiger charge is 2.05. The van der Waals surface area contributed by atoms with E-state index in [1.54, 1.807) is 0 Å². The molecule has 57 valence electrons. The Kier molecular flexibility index (Phi) is 2.10. The van der Waals surface area contributed by atoms with Crippen LogP contribution in [0.4, 0.5) is 5.69 Å². The van der Waals surface area contributed by atoms with Gasteiger partial charge in [-0.15, -0.1) is 0 Å². The van der Waals surface area contributed by atoms with Gasteiger partial charge in [0.05, 0.1) is 9.95 Å². The first-order chi connectivity index (χ1) is 5.11. The molecule has 0 spiro atoms. The van der Waals surface area contributed by atoms with E-state index in [-0.39, 0.29) is 5.69 Å². The first kappa shape index (κ1) is 8.01. The minimum Gasteiger partial charge on any atom is -0.258 e. The number of rotatable bonds is 1. The number of nitrogens with zero attached hydrogens (tertiary/aromatic N) is 1. The molecule has 0 fully saturated rings. The van der Waals surface area contributed by atoms with E-state index >= 15 is 0 Å². The number of halogens is 1. The van der Waals surface area contributed by atoms with Crippen LogP contribution in [0.5, 0.6) is 0 Å². The van der Waals surface area contributed by atoms with Gasteiger partial charge in [0, 0.05) is 12.1 Å². The maximum Gasteiger partial charge on any atom is 0.270 e. The van der Waals surface area contributed by atoms with Gasteiger partial charge in [0.25, 0.3) is 5.69 Å². The van der Waals surface area contributed by atoms with E-state index in [1.807, 2.05) is 0 Å². The summed E-state index contributed by atoms with van der Waals surface area (Å²) in [4.78, 5) is 9.70. The van der Waals surface area contributed by atoms with Crippen molar-refractivity contribution in [1.82, 2.24) is 0 Å². The molecule has 0 aliphatic rings. The predicted octanol–water partition coefficient (Wildman–Crippen LogP) is 2.43. The van der Waals surface area contributed by atoms with Crippen LogP contribution in [0, 0.1) is 17.0 Å². The molecule has 0 aliphatic carbocycles. The molecular weight excluding hydrogens is 166 g/mol. The van der Waals surface area contributed by atoms with Crippen LogP contribution in [0.25, 0.3) is 0 Å². The number of nitro benzene ring substituents is 1. The summed E-state index contributed by atoms with van der Waals surface area (Å²) in [6.45, 7) is 3.57. The molecule has 0 aliphatic heterocycles. The van der Waals surface area contributed by atoms with Crippen LogP contribution in [-0.2, 0) is 0 Å². The first-order valence-corrected chi connectivity index (χ1v) is 3.25. The molecule has 3 nitrogen and oxygen atoms in total. The quantitative estimate of drug-likeness (QED) is 0.480. The summed E-state index contributed by atoms with van der Waals surface area (Å²) >= 11 is 5.59. The second kappa shape index (κ2) is 2.88. The Hall–Kier alpha value is -1.09. The van der Waals surface area contributed by atoms with Gasteiger partial charge >= 0.3 is 0 Å². The summed E-state index contributed by atoms with van der Waals surface area (Å²) in [6.07, 6.45) is 0. The van der Waals surface area contributed by atoms with Crippen molar-refractivity contribution in [2.24, 2.45) is 0 Å². The van der Waals surface area contributed by atoms with E-state index in [9.17, 15) is 10.1 Å². The van der Waals surface area contributed by atoms with E-state index in [2.05, 4.69) is 6.92 Å². The molecule has 1 aromatic carbocycles. The van der Waals surface area contributed by atoms with E-state index < -0.39 is 4.92 Å². The van der Waals surface area contributed by atoms with Gasteiger partial charge in [-0.2, -0.15) is 0 Å². The third-order valence-electron chi connectivity index (χ3n) is 1.25. The molecule has 0 amide bonds. The topological polar surface area (TPSA) is 43.1 Å². The van der Waals surface area contributed by atoms with Crippen molar-refractivity contribution in [3.05, 3.63) is 45.8 Å². The Morgan fingerprint density at radius 3 is 2.64 bits per heavy atom. The lowest BCUT2D eigenvalue weighted by Crippen LogP contribution is -1.87. The van der Waals surface area contributed by atoms with Crippen LogP contribution in [0.15, 0.2) is 18.2 Å². The standard InChI is InChI=1S/C7H5ClNO2/c1-5-2-3-6(9(10)11)4-7(5)8/h2-4H,1H2. The van der Waals surface area contributed by atoms with E-state index in [0.717, 1.165) is 0 Å². The predicted molar refractivity (Wildman–Crippen MR) is 42.6 cm³/mol. The zero-order chi connectivity index (χ0) is 8.43. The average Bonchev–Trinajstić information content (AvgIpc) is 1.94. The molecule has 1 aromatic rings. The van der Waals surface area contributed by atoms with Gasteiger partial charge in [0.2, 0.25) is 0 Å². The zero-order valence-electron chi connectivity index (χ0n) is 5.58. The molecule has 0 saturated carbocycles. The lowest BCUT2D eigenvalue weighted by Gasteiger charge is -1.95. The number of benzene rings is 1. The summed E-state index contributed by atoms with van der Waals surface area (Å²) in [5.74, 6) is 0. The van der Waals surface area contributed by atoms with Crippen molar-refractivity contribution in [2.45, 2.75) is 0 Å². The fourth-order valence-electron chi connectivity index (χ4n) is 0.650. The van der Waals surface area contributed by atoms with Crippen LogP contribution in [0.3, 0.4) is 0 Å². The molecular formula is C7H5ClNO2. The number of hydrogen-bond donors (Lipinski definition) is 0. The van der Waals surface area contributed by atoms with Gasteiger partial charge in [-0.05, 0) is 12.5 Å². The normalized spacial score (nSPS) is 9.64.